The quantitative estimate of drug-likeness (QED) is 0.797. The second kappa shape index (κ2) is 3.03. The molecule has 78 valence electrons. The molecule has 0 unspecified atom stereocenters. The maximum absolute atomic E-state index is 11.1. The van der Waals surface area contributed by atoms with Crippen LogP contribution in [0.25, 0.3) is 5.70 Å². The average molecular weight is 213 g/mol. The Morgan fingerprint density at radius 2 is 2.19 bits per heavy atom. The smallest absolute Gasteiger partial charge is 0.271 e. The summed E-state index contributed by atoms with van der Waals surface area (Å²) in [5, 5.41) is 3.56. The number of carbonyl (C=O) groups excluding carboxylic acids is 1. The van der Waals surface area contributed by atoms with Crippen LogP contribution in [-0.4, -0.2) is 17.3 Å². The predicted molar refractivity (Wildman–Crippen MR) is 57.7 cm³/mol. The number of primary amides is 1. The number of aromatic nitrogens is 1. The first-order valence-electron chi connectivity index (χ1n) is 4.68. The van der Waals surface area contributed by atoms with Gasteiger partial charge in [0, 0.05) is 6.21 Å². The van der Waals surface area contributed by atoms with Crippen LogP contribution in [0.4, 0.5) is 0 Å². The van der Waals surface area contributed by atoms with Crippen molar-refractivity contribution in [1.29, 1.82) is 0 Å². The molecule has 0 bridgehead atoms. The maximum Gasteiger partial charge on any atom is 0.271 e. The lowest BCUT2D eigenvalue weighted by Gasteiger charge is -1.96. The number of nitrogens with zero attached hydrogens (tertiary/aromatic N) is 2. The summed E-state index contributed by atoms with van der Waals surface area (Å²) < 4.78 is 4.75. The highest BCUT2D eigenvalue weighted by Gasteiger charge is 2.21. The molecule has 5 heteroatoms. The SMILES string of the molecule is NC(=O)c1nocc1C1=CC2=CC2=CC=N1. The fraction of sp³-hybridized carbons (Fsp3) is 0. The molecule has 2 N–H and O–H groups in total. The molecule has 0 atom stereocenters. The van der Waals surface area contributed by atoms with Gasteiger partial charge in [-0.1, -0.05) is 5.16 Å². The fourth-order valence-electron chi connectivity index (χ4n) is 1.53. The van der Waals surface area contributed by atoms with Crippen LogP contribution in [0.3, 0.4) is 0 Å². The molecule has 0 spiro atoms. The molecule has 0 saturated carbocycles. The summed E-state index contributed by atoms with van der Waals surface area (Å²) in [7, 11) is 0. The van der Waals surface area contributed by atoms with E-state index in [1.54, 1.807) is 6.21 Å². The molecule has 16 heavy (non-hydrogen) atoms. The zero-order chi connectivity index (χ0) is 11.1. The van der Waals surface area contributed by atoms with E-state index in [4.69, 9.17) is 10.3 Å². The first-order chi connectivity index (χ1) is 7.75. The Labute approximate surface area is 90.6 Å². The second-order valence-corrected chi connectivity index (χ2v) is 3.47. The van der Waals surface area contributed by atoms with Crippen molar-refractivity contribution in [2.45, 2.75) is 0 Å². The first kappa shape index (κ1) is 8.84. The third-order valence-electron chi connectivity index (χ3n) is 2.40. The van der Waals surface area contributed by atoms with Gasteiger partial charge in [0.2, 0.25) is 0 Å². The lowest BCUT2D eigenvalue weighted by Crippen LogP contribution is -2.13. The number of hydrogen-bond donors (Lipinski definition) is 1. The Balaban J connectivity index is 2.07. The second-order valence-electron chi connectivity index (χ2n) is 3.47. The van der Waals surface area contributed by atoms with Gasteiger partial charge in [-0.2, -0.15) is 0 Å². The van der Waals surface area contributed by atoms with Gasteiger partial charge in [-0.25, -0.2) is 0 Å². The van der Waals surface area contributed by atoms with Crippen LogP contribution < -0.4 is 5.73 Å². The molecule has 1 amide bonds. The topological polar surface area (TPSA) is 81.5 Å². The van der Waals surface area contributed by atoms with Crippen molar-refractivity contribution in [3.8, 4) is 0 Å². The van der Waals surface area contributed by atoms with E-state index < -0.39 is 5.91 Å². The normalized spacial score (nSPS) is 16.9. The summed E-state index contributed by atoms with van der Waals surface area (Å²) in [5.41, 5.74) is 8.69. The Morgan fingerprint density at radius 3 is 3.00 bits per heavy atom. The largest absolute Gasteiger partial charge is 0.364 e. The molecule has 1 aliphatic carbocycles. The van der Waals surface area contributed by atoms with Crippen LogP contribution in [0.1, 0.15) is 16.1 Å². The Kier molecular flexibility index (Phi) is 1.67. The van der Waals surface area contributed by atoms with Crippen LogP contribution in [0.15, 0.2) is 45.2 Å². The van der Waals surface area contributed by atoms with Gasteiger partial charge < -0.3 is 10.3 Å². The Hall–Kier alpha value is -2.43. The molecule has 2 aliphatic rings. The van der Waals surface area contributed by atoms with E-state index in [-0.39, 0.29) is 5.69 Å². The molecule has 0 aromatic carbocycles. The zero-order valence-electron chi connectivity index (χ0n) is 8.18. The molecule has 5 nitrogen and oxygen atoms in total. The van der Waals surface area contributed by atoms with Gasteiger partial charge in [0.1, 0.15) is 6.26 Å². The molecule has 1 aliphatic heterocycles. The molecular formula is C11H7N3O2. The number of fused-ring (bicyclic) bond motifs is 1. The minimum Gasteiger partial charge on any atom is -0.364 e. The molecule has 1 aromatic rings. The standard InChI is InChI=1S/C11H7N3O2/c12-11(15)10-8(5-16-14-10)9-4-7-3-6(7)1-2-13-9/h1-5H,(H2,12,15). The van der Waals surface area contributed by atoms with Gasteiger partial charge in [0.25, 0.3) is 5.91 Å². The van der Waals surface area contributed by atoms with Gasteiger partial charge in [-0.15, -0.1) is 0 Å². The van der Waals surface area contributed by atoms with Crippen molar-refractivity contribution in [1.82, 2.24) is 5.16 Å². The molecule has 1 aromatic heterocycles. The molecule has 2 heterocycles. The van der Waals surface area contributed by atoms with Crippen LogP contribution in [0.5, 0.6) is 0 Å². The minimum atomic E-state index is -0.623. The highest BCUT2D eigenvalue weighted by Crippen LogP contribution is 2.34. The Morgan fingerprint density at radius 1 is 1.31 bits per heavy atom. The van der Waals surface area contributed by atoms with Crippen molar-refractivity contribution in [3.05, 3.63) is 46.9 Å². The van der Waals surface area contributed by atoms with Crippen LogP contribution >= 0.6 is 0 Å². The fourth-order valence-corrected chi connectivity index (χ4v) is 1.53. The maximum atomic E-state index is 11.1. The highest BCUT2D eigenvalue weighted by molar-refractivity contribution is 5.98. The molecule has 3 rings (SSSR count). The van der Waals surface area contributed by atoms with E-state index in [1.165, 1.54) is 6.26 Å². The van der Waals surface area contributed by atoms with E-state index in [9.17, 15) is 4.79 Å². The third-order valence-corrected chi connectivity index (χ3v) is 2.40. The van der Waals surface area contributed by atoms with Gasteiger partial charge in [-0.3, -0.25) is 9.79 Å². The Bertz CT molecular complexity index is 603. The van der Waals surface area contributed by atoms with Crippen LogP contribution in [0.2, 0.25) is 0 Å². The van der Waals surface area contributed by atoms with Crippen molar-refractivity contribution >= 4 is 17.8 Å². The summed E-state index contributed by atoms with van der Waals surface area (Å²) in [4.78, 5) is 15.3. The highest BCUT2D eigenvalue weighted by atomic mass is 16.5. The van der Waals surface area contributed by atoms with E-state index in [2.05, 4.69) is 10.1 Å². The summed E-state index contributed by atoms with van der Waals surface area (Å²) in [6.45, 7) is 0. The molecular weight excluding hydrogens is 206 g/mol. The number of nitrogens with two attached hydrogens (primary N) is 1. The number of hydrogen-bond acceptors (Lipinski definition) is 4. The van der Waals surface area contributed by atoms with E-state index in [1.807, 2.05) is 18.2 Å². The van der Waals surface area contributed by atoms with Gasteiger partial charge in [-0.05, 0) is 29.4 Å². The number of carbonyl (C=O) groups is 1. The van der Waals surface area contributed by atoms with Crippen molar-refractivity contribution in [2.75, 3.05) is 0 Å². The molecule has 0 radical (unpaired) electrons. The van der Waals surface area contributed by atoms with E-state index >= 15 is 0 Å². The van der Waals surface area contributed by atoms with E-state index in [0.29, 0.717) is 11.3 Å². The molecule has 0 saturated heterocycles. The summed E-state index contributed by atoms with van der Waals surface area (Å²) in [6, 6.07) is 0. The first-order valence-corrected chi connectivity index (χ1v) is 4.68. The number of aliphatic imine (C=N–C) groups is 1. The van der Waals surface area contributed by atoms with Crippen LogP contribution in [0, 0.1) is 0 Å². The summed E-state index contributed by atoms with van der Waals surface area (Å²) in [6.07, 6.45) is 8.83. The van der Waals surface area contributed by atoms with Gasteiger partial charge in [0.15, 0.2) is 5.69 Å². The lowest BCUT2D eigenvalue weighted by molar-refractivity contribution is 0.0991. The van der Waals surface area contributed by atoms with Gasteiger partial charge in [0.05, 0.1) is 11.3 Å². The summed E-state index contributed by atoms with van der Waals surface area (Å²) >= 11 is 0. The van der Waals surface area contributed by atoms with Crippen molar-refractivity contribution in [2.24, 2.45) is 10.7 Å². The van der Waals surface area contributed by atoms with Crippen molar-refractivity contribution in [3.63, 3.8) is 0 Å². The zero-order valence-corrected chi connectivity index (χ0v) is 8.18. The lowest BCUT2D eigenvalue weighted by atomic mass is 10.1. The number of allylic oxidation sites excluding steroid dienone is 5. The predicted octanol–water partition coefficient (Wildman–Crippen LogP) is 1.07. The summed E-state index contributed by atoms with van der Waals surface area (Å²) in [5.74, 6) is -0.623. The van der Waals surface area contributed by atoms with E-state index in [0.717, 1.165) is 11.1 Å². The van der Waals surface area contributed by atoms with Crippen LogP contribution in [-0.2, 0) is 0 Å². The van der Waals surface area contributed by atoms with Gasteiger partial charge >= 0.3 is 0 Å². The number of amides is 1. The molecule has 0 fully saturated rings. The monoisotopic (exact) mass is 213 g/mol. The van der Waals surface area contributed by atoms with Crippen molar-refractivity contribution < 1.29 is 9.32 Å². The number of rotatable bonds is 2. The third kappa shape index (κ3) is 1.30. The minimum absolute atomic E-state index is 0.105. The average Bonchev–Trinajstić information content (AvgIpc) is 2.81.